The molecular weight excluding hydrogens is 322 g/mol. The molecule has 0 unspecified atom stereocenters. The zero-order valence-corrected chi connectivity index (χ0v) is 14.6. The van der Waals surface area contributed by atoms with Crippen molar-refractivity contribution in [3.8, 4) is 0 Å². The van der Waals surface area contributed by atoms with Gasteiger partial charge in [-0.2, -0.15) is 0 Å². The Morgan fingerprint density at radius 3 is 2.46 bits per heavy atom. The van der Waals surface area contributed by atoms with Crippen LogP contribution >= 0.6 is 11.3 Å². The van der Waals surface area contributed by atoms with E-state index in [0.717, 1.165) is 53.8 Å². The van der Waals surface area contributed by atoms with Crippen molar-refractivity contribution in [1.82, 2.24) is 20.2 Å². The lowest BCUT2D eigenvalue weighted by molar-refractivity contribution is 0.639. The van der Waals surface area contributed by atoms with Gasteiger partial charge in [0, 0.05) is 40.3 Å². The molecule has 7 nitrogen and oxygen atoms in total. The van der Waals surface area contributed by atoms with Gasteiger partial charge >= 0.3 is 0 Å². The maximum Gasteiger partial charge on any atom is 0.151 e. The van der Waals surface area contributed by atoms with Crippen LogP contribution in [0.5, 0.6) is 0 Å². The van der Waals surface area contributed by atoms with E-state index in [0.29, 0.717) is 0 Å². The van der Waals surface area contributed by atoms with Crippen LogP contribution < -0.4 is 14.7 Å². The van der Waals surface area contributed by atoms with Crippen LogP contribution in [0.15, 0.2) is 29.9 Å². The Bertz CT molecular complexity index is 822. The van der Waals surface area contributed by atoms with E-state index in [1.54, 1.807) is 17.7 Å². The van der Waals surface area contributed by atoms with Crippen molar-refractivity contribution in [1.29, 1.82) is 0 Å². The molecule has 3 aromatic rings. The lowest BCUT2D eigenvalue weighted by Crippen LogP contribution is -2.47. The van der Waals surface area contributed by atoms with E-state index in [-0.39, 0.29) is 0 Å². The minimum absolute atomic E-state index is 0.873. The van der Waals surface area contributed by atoms with E-state index in [9.17, 15) is 0 Å². The maximum absolute atomic E-state index is 4.50. The number of aromatic nitrogens is 4. The molecule has 1 saturated heterocycles. The molecule has 0 aromatic carbocycles. The summed E-state index contributed by atoms with van der Waals surface area (Å²) in [6, 6.07) is 6.15. The van der Waals surface area contributed by atoms with E-state index in [1.165, 1.54) is 0 Å². The summed E-state index contributed by atoms with van der Waals surface area (Å²) in [6.45, 7) is 3.65. The van der Waals surface area contributed by atoms with Gasteiger partial charge in [-0.25, -0.2) is 9.97 Å². The number of anilines is 3. The number of hydrogen-bond acceptors (Lipinski definition) is 8. The highest BCUT2D eigenvalue weighted by atomic mass is 32.1. The molecule has 0 radical (unpaired) electrons. The molecule has 0 atom stereocenters. The third-order valence-electron chi connectivity index (χ3n) is 4.24. The molecule has 1 aliphatic heterocycles. The molecule has 0 N–H and O–H groups in total. The van der Waals surface area contributed by atoms with Crippen LogP contribution in [0.2, 0.25) is 0 Å². The molecule has 0 saturated carbocycles. The second-order valence-corrected chi connectivity index (χ2v) is 6.85. The monoisotopic (exact) mass is 341 g/mol. The zero-order chi connectivity index (χ0) is 16.5. The van der Waals surface area contributed by atoms with Crippen LogP contribution in [0, 0.1) is 0 Å². The van der Waals surface area contributed by atoms with Gasteiger partial charge in [0.25, 0.3) is 0 Å². The number of hydrogen-bond donors (Lipinski definition) is 0. The van der Waals surface area contributed by atoms with Gasteiger partial charge in [-0.15, -0.1) is 21.5 Å². The van der Waals surface area contributed by atoms with E-state index in [4.69, 9.17) is 0 Å². The van der Waals surface area contributed by atoms with E-state index >= 15 is 0 Å². The Morgan fingerprint density at radius 2 is 1.75 bits per heavy atom. The third kappa shape index (κ3) is 2.73. The molecule has 8 heteroatoms. The predicted octanol–water partition coefficient (Wildman–Crippen LogP) is 1.87. The summed E-state index contributed by atoms with van der Waals surface area (Å²) >= 11 is 1.66. The average molecular weight is 341 g/mol. The van der Waals surface area contributed by atoms with Crippen LogP contribution in [-0.4, -0.2) is 60.4 Å². The van der Waals surface area contributed by atoms with Crippen molar-refractivity contribution in [2.45, 2.75) is 0 Å². The van der Waals surface area contributed by atoms with Crippen molar-refractivity contribution in [3.63, 3.8) is 0 Å². The van der Waals surface area contributed by atoms with Gasteiger partial charge < -0.3 is 14.7 Å². The minimum Gasteiger partial charge on any atom is -0.361 e. The summed E-state index contributed by atoms with van der Waals surface area (Å²) in [5, 5.41) is 11.8. The second-order valence-electron chi connectivity index (χ2n) is 5.95. The quantitative estimate of drug-likeness (QED) is 0.721. The Kier molecular flexibility index (Phi) is 3.89. The molecule has 4 rings (SSSR count). The first-order valence-electron chi connectivity index (χ1n) is 7.91. The Morgan fingerprint density at radius 1 is 0.958 bits per heavy atom. The summed E-state index contributed by atoms with van der Waals surface area (Å²) in [4.78, 5) is 16.4. The van der Waals surface area contributed by atoms with E-state index < -0.39 is 0 Å². The molecule has 4 heterocycles. The number of piperazine rings is 1. The first-order chi connectivity index (χ1) is 11.7. The maximum atomic E-state index is 4.50. The number of thiophene rings is 1. The molecule has 1 fully saturated rings. The van der Waals surface area contributed by atoms with Gasteiger partial charge in [-0.3, -0.25) is 0 Å². The van der Waals surface area contributed by atoms with Gasteiger partial charge in [0.15, 0.2) is 11.6 Å². The van der Waals surface area contributed by atoms with Gasteiger partial charge in [0.05, 0.1) is 5.39 Å². The topological polar surface area (TPSA) is 61.3 Å². The highest BCUT2D eigenvalue weighted by Gasteiger charge is 2.21. The van der Waals surface area contributed by atoms with Crippen LogP contribution in [0.3, 0.4) is 0 Å². The molecule has 0 spiro atoms. The molecular formula is C16H19N7S. The number of rotatable bonds is 3. The predicted molar refractivity (Wildman–Crippen MR) is 98.2 cm³/mol. The smallest absolute Gasteiger partial charge is 0.151 e. The SMILES string of the molecule is CN(C)c1ccc(N2CCN(c3ncnc4sccc34)CC2)nn1. The first-order valence-corrected chi connectivity index (χ1v) is 8.79. The fraction of sp³-hybridized carbons (Fsp3) is 0.375. The standard InChI is InChI=1S/C16H19N7S/c1-21(2)13-3-4-14(20-19-13)22-6-8-23(9-7-22)15-12-5-10-24-16(12)18-11-17-15/h3-5,10-11H,6-9H2,1-2H3. The Balaban J connectivity index is 1.47. The Labute approximate surface area is 144 Å². The summed E-state index contributed by atoms with van der Waals surface area (Å²) in [7, 11) is 3.94. The highest BCUT2D eigenvalue weighted by molar-refractivity contribution is 7.16. The zero-order valence-electron chi connectivity index (χ0n) is 13.8. The fourth-order valence-electron chi connectivity index (χ4n) is 2.90. The van der Waals surface area contributed by atoms with Crippen LogP contribution in [0.25, 0.3) is 10.2 Å². The fourth-order valence-corrected chi connectivity index (χ4v) is 3.63. The van der Waals surface area contributed by atoms with Crippen molar-refractivity contribution in [2.75, 3.05) is 55.0 Å². The number of nitrogens with zero attached hydrogens (tertiary/aromatic N) is 7. The van der Waals surface area contributed by atoms with Crippen LogP contribution in [-0.2, 0) is 0 Å². The van der Waals surface area contributed by atoms with E-state index in [2.05, 4.69) is 41.4 Å². The van der Waals surface area contributed by atoms with Gasteiger partial charge in [0.2, 0.25) is 0 Å². The van der Waals surface area contributed by atoms with Crippen molar-refractivity contribution in [2.24, 2.45) is 0 Å². The summed E-state index contributed by atoms with van der Waals surface area (Å²) in [5.74, 6) is 2.84. The lowest BCUT2D eigenvalue weighted by Gasteiger charge is -2.36. The van der Waals surface area contributed by atoms with Crippen LogP contribution in [0.4, 0.5) is 17.5 Å². The summed E-state index contributed by atoms with van der Waals surface area (Å²) in [5.41, 5.74) is 0. The largest absolute Gasteiger partial charge is 0.361 e. The molecule has 0 amide bonds. The number of fused-ring (bicyclic) bond motifs is 1. The third-order valence-corrected chi connectivity index (χ3v) is 5.06. The Hall–Kier alpha value is -2.48. The molecule has 0 aliphatic carbocycles. The molecule has 24 heavy (non-hydrogen) atoms. The first kappa shape index (κ1) is 15.1. The normalized spacial score (nSPS) is 15.1. The molecule has 0 bridgehead atoms. The van der Waals surface area contributed by atoms with Gasteiger partial charge in [-0.05, 0) is 23.6 Å². The van der Waals surface area contributed by atoms with Gasteiger partial charge in [0.1, 0.15) is 17.0 Å². The van der Waals surface area contributed by atoms with Crippen molar-refractivity contribution < 1.29 is 0 Å². The van der Waals surface area contributed by atoms with Crippen LogP contribution in [0.1, 0.15) is 0 Å². The summed E-state index contributed by atoms with van der Waals surface area (Å²) < 4.78 is 0. The van der Waals surface area contributed by atoms with Crippen molar-refractivity contribution in [3.05, 3.63) is 29.9 Å². The average Bonchev–Trinajstić information content (AvgIpc) is 3.11. The lowest BCUT2D eigenvalue weighted by atomic mass is 10.2. The summed E-state index contributed by atoms with van der Waals surface area (Å²) in [6.07, 6.45) is 1.66. The van der Waals surface area contributed by atoms with Gasteiger partial charge in [-0.1, -0.05) is 0 Å². The highest BCUT2D eigenvalue weighted by Crippen LogP contribution is 2.27. The molecule has 124 valence electrons. The van der Waals surface area contributed by atoms with E-state index in [1.807, 2.05) is 31.1 Å². The van der Waals surface area contributed by atoms with Crippen molar-refractivity contribution >= 4 is 39.0 Å². The molecule has 1 aliphatic rings. The minimum atomic E-state index is 0.873. The molecule has 3 aromatic heterocycles. The second kappa shape index (κ2) is 6.20.